The lowest BCUT2D eigenvalue weighted by Crippen LogP contribution is -2.56. The quantitative estimate of drug-likeness (QED) is 0.259. The first kappa shape index (κ1) is 61.2. The summed E-state index contributed by atoms with van der Waals surface area (Å²) in [5, 5.41) is 0. The van der Waals surface area contributed by atoms with Gasteiger partial charge in [0.25, 0.3) is 0 Å². The third kappa shape index (κ3) is 7.95. The standard InChI is InChI=1S/2C24H32O2.11CH4/c2*1-3-14-11-15-12-16(25)5-6-17(15)18-7-9-23(2)22(21(14)18)19-13-20(19)24(23)8-4-10-26-24;;;;;;;;;;;/h2*4,8,12,14,17-22H,3,5-7,9-11,13H2,1-2H3;11*1H4/t14-,17+,18-,19+,20-,21-,22+,23+,24+;14-,17-,18+,19-,20+,21+,22-,23-,24-;;;;;;;;;;;/m10.........../s1. The molecule has 0 unspecified atom stereocenters. The monoisotopic (exact) mass is 881 g/mol. The van der Waals surface area contributed by atoms with Gasteiger partial charge in [0, 0.05) is 23.7 Å². The predicted octanol–water partition coefficient (Wildman–Crippen LogP) is 16.9. The summed E-state index contributed by atoms with van der Waals surface area (Å²) in [5.74, 6) is 12.2. The van der Waals surface area contributed by atoms with E-state index in [0.717, 1.165) is 110 Å². The van der Waals surface area contributed by atoms with Crippen molar-refractivity contribution < 1.29 is 19.1 Å². The zero-order chi connectivity index (χ0) is 35.4. The minimum absolute atomic E-state index is 0. The molecule has 2 spiro atoms. The number of carbonyl (C=O) groups excluding carboxylic acids is 2. The second-order valence-corrected chi connectivity index (χ2v) is 20.9. The van der Waals surface area contributed by atoms with Gasteiger partial charge in [-0.2, -0.15) is 0 Å². The number of rotatable bonds is 2. The van der Waals surface area contributed by atoms with Gasteiger partial charge in [-0.3, -0.25) is 9.59 Å². The third-order valence-corrected chi connectivity index (χ3v) is 19.6. The summed E-state index contributed by atoms with van der Waals surface area (Å²) in [6, 6.07) is 0. The van der Waals surface area contributed by atoms with Gasteiger partial charge in [-0.15, -0.1) is 0 Å². The summed E-state index contributed by atoms with van der Waals surface area (Å²) in [6.45, 7) is 11.6. The van der Waals surface area contributed by atoms with Crippen molar-refractivity contribution in [2.75, 3.05) is 13.2 Å². The van der Waals surface area contributed by atoms with Crippen LogP contribution in [0.3, 0.4) is 0 Å². The van der Waals surface area contributed by atoms with Crippen molar-refractivity contribution in [2.45, 2.75) is 210 Å². The molecular weight excluding hydrogens is 773 g/mol. The Balaban J connectivity index is 0.00000104. The fraction of sp³-hybridized carbons (Fsp3) is 0.831. The van der Waals surface area contributed by atoms with E-state index in [1.54, 1.807) is 0 Å². The van der Waals surface area contributed by atoms with Gasteiger partial charge < -0.3 is 9.47 Å². The van der Waals surface area contributed by atoms with Gasteiger partial charge in [-0.05, 0) is 159 Å². The van der Waals surface area contributed by atoms with Crippen LogP contribution in [0, 0.1) is 93.7 Å². The Bertz CT molecular complexity index is 1560. The van der Waals surface area contributed by atoms with Crippen LogP contribution in [-0.2, 0) is 19.1 Å². The lowest BCUT2D eigenvalue weighted by Gasteiger charge is -2.59. The normalized spacial score (nSPS) is 46.7. The largest absolute Gasteiger partial charge is 0.366 e. The maximum atomic E-state index is 12.0. The fourth-order valence-electron chi connectivity index (χ4n) is 17.7. The van der Waals surface area contributed by atoms with Gasteiger partial charge in [0.05, 0.1) is 24.4 Å². The number of allylic oxidation sites excluding steroid dienone is 2. The molecule has 2 aliphatic heterocycles. The second kappa shape index (κ2) is 21.0. The first-order valence-electron chi connectivity index (χ1n) is 22.3. The predicted molar refractivity (Wildman–Crippen MR) is 277 cm³/mol. The van der Waals surface area contributed by atoms with Crippen molar-refractivity contribution in [2.24, 2.45) is 93.7 Å². The number of ether oxygens (including phenoxy) is 2. The summed E-state index contributed by atoms with van der Waals surface area (Å²) >= 11 is 0. The Morgan fingerprint density at radius 1 is 0.540 bits per heavy atom. The van der Waals surface area contributed by atoms with Gasteiger partial charge in [-0.25, -0.2) is 0 Å². The minimum atomic E-state index is 0. The van der Waals surface area contributed by atoms with Crippen LogP contribution in [0.25, 0.3) is 0 Å². The Hall–Kier alpha value is -1.78. The maximum absolute atomic E-state index is 12.0. The van der Waals surface area contributed by atoms with Crippen LogP contribution in [0.15, 0.2) is 47.6 Å². The molecule has 0 saturated heterocycles. The van der Waals surface area contributed by atoms with Crippen LogP contribution in [0.1, 0.15) is 199 Å². The molecule has 0 amide bonds. The van der Waals surface area contributed by atoms with E-state index in [0.29, 0.717) is 34.2 Å². The topological polar surface area (TPSA) is 52.6 Å². The SMILES string of the molecule is C.C.C.C.C.C.C.C.C.C.C.CC[C@@H]1CC2=CC(=O)CC[C@@H]2[C@H]2CC[C@@]3(C)[C@@H]([C@H]4C[C@H]4[C@@]34C=CCO4)[C@H]12.CC[C@H]1CC2=CC(=O)CC[C@@H]2[C@H]2CC[C@@]3(C)[C@@H]([C@H]4C[C@H]4[C@@]34C=CCO4)[C@H]12. The third-order valence-electron chi connectivity index (χ3n) is 19.6. The van der Waals surface area contributed by atoms with Crippen molar-refractivity contribution in [3.8, 4) is 0 Å². The zero-order valence-corrected chi connectivity index (χ0v) is 32.5. The van der Waals surface area contributed by atoms with Crippen LogP contribution in [0.2, 0.25) is 0 Å². The Labute approximate surface area is 394 Å². The van der Waals surface area contributed by atoms with Gasteiger partial charge >= 0.3 is 0 Å². The van der Waals surface area contributed by atoms with Gasteiger partial charge in [0.1, 0.15) is 0 Å². The molecule has 8 saturated carbocycles. The van der Waals surface area contributed by atoms with Gasteiger partial charge in [-0.1, -0.05) is 158 Å². The lowest BCUT2D eigenvalue weighted by atomic mass is 9.46. The van der Waals surface area contributed by atoms with Crippen molar-refractivity contribution in [1.29, 1.82) is 0 Å². The molecule has 4 nitrogen and oxygen atoms in total. The molecule has 10 aliphatic carbocycles. The molecular formula is C59H108O4. The van der Waals surface area contributed by atoms with Crippen molar-refractivity contribution in [3.63, 3.8) is 0 Å². The van der Waals surface area contributed by atoms with E-state index < -0.39 is 0 Å². The highest BCUT2D eigenvalue weighted by atomic mass is 16.5. The smallest absolute Gasteiger partial charge is 0.155 e. The van der Waals surface area contributed by atoms with Crippen LogP contribution in [0.5, 0.6) is 0 Å². The lowest BCUT2D eigenvalue weighted by molar-refractivity contribution is -0.141. The average molecular weight is 882 g/mol. The van der Waals surface area contributed by atoms with E-state index in [1.807, 2.05) is 0 Å². The molecule has 18 atom stereocenters. The molecule has 63 heavy (non-hydrogen) atoms. The summed E-state index contributed by atoms with van der Waals surface area (Å²) in [5.41, 5.74) is 3.85. The first-order chi connectivity index (χ1) is 25.2. The van der Waals surface area contributed by atoms with Crippen LogP contribution < -0.4 is 0 Å². The average Bonchev–Trinajstić information content (AvgIpc) is 3.93. The number of fused-ring (bicyclic) bond motifs is 18. The molecule has 0 aromatic heterocycles. The molecule has 2 heterocycles. The van der Waals surface area contributed by atoms with E-state index in [9.17, 15) is 9.59 Å². The fourth-order valence-corrected chi connectivity index (χ4v) is 17.7. The van der Waals surface area contributed by atoms with E-state index in [-0.39, 0.29) is 92.9 Å². The molecule has 0 radical (unpaired) electrons. The van der Waals surface area contributed by atoms with E-state index in [4.69, 9.17) is 9.47 Å². The van der Waals surface area contributed by atoms with E-state index in [2.05, 4.69) is 64.2 Å². The van der Waals surface area contributed by atoms with Crippen LogP contribution in [-0.4, -0.2) is 36.0 Å². The van der Waals surface area contributed by atoms with Gasteiger partial charge in [0.2, 0.25) is 0 Å². The Morgan fingerprint density at radius 3 is 1.22 bits per heavy atom. The molecule has 4 heteroatoms. The highest BCUT2D eigenvalue weighted by Gasteiger charge is 2.78. The molecule has 0 bridgehead atoms. The Kier molecular flexibility index (Phi) is 20.4. The number of hydrogen-bond acceptors (Lipinski definition) is 4. The van der Waals surface area contributed by atoms with Gasteiger partial charge in [0.15, 0.2) is 11.6 Å². The molecule has 0 aromatic carbocycles. The number of hydrogen-bond donors (Lipinski definition) is 0. The number of carbonyl (C=O) groups is 2. The van der Waals surface area contributed by atoms with Crippen molar-refractivity contribution in [3.05, 3.63) is 47.6 Å². The van der Waals surface area contributed by atoms with Crippen molar-refractivity contribution in [1.82, 2.24) is 0 Å². The first-order valence-corrected chi connectivity index (χ1v) is 22.3. The summed E-state index contributed by atoms with van der Waals surface area (Å²) in [6.07, 6.45) is 30.6. The summed E-state index contributed by atoms with van der Waals surface area (Å²) in [7, 11) is 0. The summed E-state index contributed by atoms with van der Waals surface area (Å²) < 4.78 is 13.1. The molecule has 8 fully saturated rings. The molecule has 12 rings (SSSR count). The van der Waals surface area contributed by atoms with E-state index >= 15 is 0 Å². The number of ketones is 2. The Morgan fingerprint density at radius 2 is 0.905 bits per heavy atom. The highest BCUT2D eigenvalue weighted by molar-refractivity contribution is 5.91. The van der Waals surface area contributed by atoms with Crippen LogP contribution in [0.4, 0.5) is 0 Å². The van der Waals surface area contributed by atoms with Crippen molar-refractivity contribution >= 4 is 11.6 Å². The molecule has 12 aliphatic rings. The molecule has 368 valence electrons. The molecule has 0 aromatic rings. The highest BCUT2D eigenvalue weighted by Crippen LogP contribution is 2.79. The second-order valence-electron chi connectivity index (χ2n) is 20.9. The molecule has 0 N–H and O–H groups in total. The summed E-state index contributed by atoms with van der Waals surface area (Å²) in [4.78, 5) is 24.1. The van der Waals surface area contributed by atoms with Crippen LogP contribution >= 0.6 is 0 Å². The zero-order valence-electron chi connectivity index (χ0n) is 32.5. The van der Waals surface area contributed by atoms with E-state index in [1.165, 1.54) is 75.4 Å². The maximum Gasteiger partial charge on any atom is 0.155 e. The minimum Gasteiger partial charge on any atom is -0.366 e.